The van der Waals surface area contributed by atoms with Gasteiger partial charge in [0.15, 0.2) is 0 Å². The summed E-state index contributed by atoms with van der Waals surface area (Å²) in [6.07, 6.45) is 5.38. The number of carbonyl (C=O) groups is 7. The Labute approximate surface area is 399 Å². The molecule has 10 atom stereocenters. The van der Waals surface area contributed by atoms with E-state index >= 15 is 0 Å². The van der Waals surface area contributed by atoms with Crippen LogP contribution in [0.15, 0.2) is 0 Å². The number of hydrogen-bond donors (Lipinski definition) is 4. The van der Waals surface area contributed by atoms with E-state index in [1.54, 1.807) is 0 Å². The molecule has 3 aliphatic carbocycles. The summed E-state index contributed by atoms with van der Waals surface area (Å²) in [7, 11) is 0. The molecule has 0 radical (unpaired) electrons. The monoisotopic (exact) mass is 975 g/mol. The van der Waals surface area contributed by atoms with Crippen molar-refractivity contribution in [3.8, 4) is 0 Å². The number of ether oxygens (including phenoxy) is 7. The molecule has 0 saturated heterocycles. The molecule has 0 aliphatic heterocycles. The first-order chi connectivity index (χ1) is 32.6. The predicted octanol–water partition coefficient (Wildman–Crippen LogP) is 3.05. The Morgan fingerprint density at radius 3 is 1.13 bits per heavy atom. The molecule has 4 N–H and O–H groups in total. The van der Waals surface area contributed by atoms with E-state index in [0.717, 1.165) is 6.42 Å². The molecule has 0 aromatic heterocycles. The van der Waals surface area contributed by atoms with Crippen LogP contribution in [-0.4, -0.2) is 148 Å². The number of aliphatic hydroxyl groups is 4. The van der Waals surface area contributed by atoms with Crippen molar-refractivity contribution in [2.24, 2.45) is 64.6 Å². The SMILES string of the molecule is CCCCC(CCOOCCO)C(=O)OCC(COC(=O)C1CCC(C)CC1C(=O)OCCO)(COC(=O)C1CCC(C)CC1C(=O)OCCO)COC(=O)C1CCC(C)CC1C(=O)OCCO. The van der Waals surface area contributed by atoms with Gasteiger partial charge in [-0.3, -0.25) is 33.6 Å². The fourth-order valence-corrected chi connectivity index (χ4v) is 9.29. The smallest absolute Gasteiger partial charge is 0.309 e. The van der Waals surface area contributed by atoms with Crippen LogP contribution in [0.3, 0.4) is 0 Å². The maximum Gasteiger partial charge on any atom is 0.309 e. The van der Waals surface area contributed by atoms with Crippen LogP contribution >= 0.6 is 0 Å². The second-order valence-corrected chi connectivity index (χ2v) is 19.0. The molecule has 0 heterocycles. The molecular weight excluding hydrogens is 897 g/mol. The van der Waals surface area contributed by atoms with Gasteiger partial charge >= 0.3 is 41.8 Å². The van der Waals surface area contributed by atoms with Crippen LogP contribution in [-0.2, 0) is 76.5 Å². The molecule has 390 valence electrons. The molecule has 20 nitrogen and oxygen atoms in total. The number of carbonyl (C=O) groups excluding carboxylic acids is 7. The number of unbranched alkanes of at least 4 members (excludes halogenated alkanes) is 1. The Hall–Kier alpha value is -3.95. The Morgan fingerprint density at radius 1 is 0.441 bits per heavy atom. The van der Waals surface area contributed by atoms with E-state index in [2.05, 4.69) is 0 Å². The van der Waals surface area contributed by atoms with Crippen LogP contribution in [0.2, 0.25) is 0 Å². The molecular formula is C48H78O20. The third kappa shape index (κ3) is 19.1. The normalized spacial score (nSPS) is 26.3. The van der Waals surface area contributed by atoms with Crippen molar-refractivity contribution in [3.05, 3.63) is 0 Å². The summed E-state index contributed by atoms with van der Waals surface area (Å²) in [5.41, 5.74) is -1.80. The van der Waals surface area contributed by atoms with Crippen molar-refractivity contribution in [1.29, 1.82) is 0 Å². The summed E-state index contributed by atoms with van der Waals surface area (Å²) in [6, 6.07) is 0. The summed E-state index contributed by atoms with van der Waals surface area (Å²) in [5.74, 6) is -11.3. The highest BCUT2D eigenvalue weighted by Gasteiger charge is 2.47. The molecule has 20 heteroatoms. The average molecular weight is 975 g/mol. The van der Waals surface area contributed by atoms with Crippen molar-refractivity contribution in [3.63, 3.8) is 0 Å². The van der Waals surface area contributed by atoms with Crippen LogP contribution in [0.25, 0.3) is 0 Å². The fourth-order valence-electron chi connectivity index (χ4n) is 9.29. The minimum atomic E-state index is -1.80. The van der Waals surface area contributed by atoms with E-state index in [-0.39, 0.29) is 83.1 Å². The van der Waals surface area contributed by atoms with Crippen molar-refractivity contribution < 1.29 is 96.9 Å². The summed E-state index contributed by atoms with van der Waals surface area (Å²) < 4.78 is 39.7. The Morgan fingerprint density at radius 2 is 0.779 bits per heavy atom. The van der Waals surface area contributed by atoms with Gasteiger partial charge in [-0.05, 0) is 88.4 Å². The highest BCUT2D eigenvalue weighted by molar-refractivity contribution is 5.84. The van der Waals surface area contributed by atoms with Gasteiger partial charge in [-0.2, -0.15) is 0 Å². The van der Waals surface area contributed by atoms with Crippen LogP contribution in [0.4, 0.5) is 0 Å². The lowest BCUT2D eigenvalue weighted by Crippen LogP contribution is -2.47. The highest BCUT2D eigenvalue weighted by atomic mass is 17.2. The molecule has 0 amide bonds. The zero-order valence-corrected chi connectivity index (χ0v) is 40.5. The lowest BCUT2D eigenvalue weighted by molar-refractivity contribution is -0.299. The van der Waals surface area contributed by atoms with E-state index < -0.39 is 135 Å². The molecule has 0 spiro atoms. The Bertz CT molecular complexity index is 1430. The van der Waals surface area contributed by atoms with E-state index in [1.807, 2.05) is 27.7 Å². The minimum Gasteiger partial charge on any atom is -0.464 e. The van der Waals surface area contributed by atoms with Crippen molar-refractivity contribution in [2.75, 3.05) is 85.9 Å². The van der Waals surface area contributed by atoms with Gasteiger partial charge in [0.05, 0.1) is 74.5 Å². The summed E-state index contributed by atoms with van der Waals surface area (Å²) in [4.78, 5) is 106. The Kier molecular flexibility index (Phi) is 26.9. The topological polar surface area (TPSA) is 283 Å². The predicted molar refractivity (Wildman–Crippen MR) is 237 cm³/mol. The van der Waals surface area contributed by atoms with Gasteiger partial charge in [0, 0.05) is 0 Å². The molecule has 0 aromatic rings. The zero-order valence-electron chi connectivity index (χ0n) is 40.5. The number of hydrogen-bond acceptors (Lipinski definition) is 20. The van der Waals surface area contributed by atoms with Gasteiger partial charge in [-0.15, -0.1) is 0 Å². The van der Waals surface area contributed by atoms with Gasteiger partial charge in [0.1, 0.15) is 58.3 Å². The standard InChI is InChI=1S/C48H78O20/c1-5-6-7-34(14-19-67-68-23-18-52)41(53)63-27-48(28-64-42(54)35-11-8-31(2)24-38(35)45(57)60-20-15-49,29-65-43(55)36-12-9-32(3)25-39(36)46(58)61-21-16-50)30-66-44(56)37-13-10-33(4)26-40(37)47(59)62-22-17-51/h31-40,49-52H,5-30H2,1-4H3. The van der Waals surface area contributed by atoms with Crippen LogP contribution in [0.5, 0.6) is 0 Å². The van der Waals surface area contributed by atoms with Gasteiger partial charge in [0.25, 0.3) is 0 Å². The van der Waals surface area contributed by atoms with E-state index in [4.69, 9.17) is 48.0 Å². The van der Waals surface area contributed by atoms with E-state index in [9.17, 15) is 48.9 Å². The first kappa shape index (κ1) is 58.4. The average Bonchev–Trinajstić information content (AvgIpc) is 3.33. The second-order valence-electron chi connectivity index (χ2n) is 19.0. The van der Waals surface area contributed by atoms with Crippen molar-refractivity contribution in [1.82, 2.24) is 0 Å². The fraction of sp³-hybridized carbons (Fsp3) is 0.854. The van der Waals surface area contributed by atoms with Crippen LogP contribution < -0.4 is 0 Å². The maximum absolute atomic E-state index is 14.2. The van der Waals surface area contributed by atoms with Crippen molar-refractivity contribution in [2.45, 2.75) is 111 Å². The third-order valence-corrected chi connectivity index (χ3v) is 13.3. The van der Waals surface area contributed by atoms with Crippen molar-refractivity contribution >= 4 is 41.8 Å². The van der Waals surface area contributed by atoms with Gasteiger partial charge in [0.2, 0.25) is 0 Å². The highest BCUT2D eigenvalue weighted by Crippen LogP contribution is 2.39. The number of aliphatic hydroxyl groups excluding tert-OH is 4. The van der Waals surface area contributed by atoms with Gasteiger partial charge < -0.3 is 53.6 Å². The summed E-state index contributed by atoms with van der Waals surface area (Å²) in [5, 5.41) is 37.0. The quantitative estimate of drug-likeness (QED) is 0.0265. The number of rotatable bonds is 30. The van der Waals surface area contributed by atoms with E-state index in [0.29, 0.717) is 51.4 Å². The molecule has 10 unspecified atom stereocenters. The van der Waals surface area contributed by atoms with Gasteiger partial charge in [-0.1, -0.05) is 40.5 Å². The molecule has 0 bridgehead atoms. The first-order valence-electron chi connectivity index (χ1n) is 24.5. The molecule has 3 fully saturated rings. The van der Waals surface area contributed by atoms with Crippen LogP contribution in [0.1, 0.15) is 111 Å². The lowest BCUT2D eigenvalue weighted by Gasteiger charge is -2.37. The first-order valence-corrected chi connectivity index (χ1v) is 24.5. The number of esters is 7. The molecule has 3 aliphatic rings. The molecule has 0 aromatic carbocycles. The minimum absolute atomic E-state index is 0.0206. The largest absolute Gasteiger partial charge is 0.464 e. The summed E-state index contributed by atoms with van der Waals surface area (Å²) in [6.45, 7) is 2.73. The maximum atomic E-state index is 14.2. The Balaban J connectivity index is 2.05. The lowest BCUT2D eigenvalue weighted by atomic mass is 9.74. The second kappa shape index (κ2) is 31.3. The molecule has 3 rings (SSSR count). The zero-order chi connectivity index (χ0) is 50.1. The van der Waals surface area contributed by atoms with E-state index in [1.165, 1.54) is 0 Å². The molecule has 3 saturated carbocycles. The molecule has 68 heavy (non-hydrogen) atoms. The third-order valence-electron chi connectivity index (χ3n) is 13.3. The summed E-state index contributed by atoms with van der Waals surface area (Å²) >= 11 is 0. The van der Waals surface area contributed by atoms with Crippen LogP contribution in [0, 0.1) is 64.6 Å². The van der Waals surface area contributed by atoms with Gasteiger partial charge in [-0.25, -0.2) is 9.78 Å².